The number of hydrogen-bond donors (Lipinski definition) is 1. The molecule has 2 aromatic rings. The van der Waals surface area contributed by atoms with Crippen molar-refractivity contribution in [2.75, 3.05) is 6.61 Å². The van der Waals surface area contributed by atoms with E-state index in [0.29, 0.717) is 0 Å². The lowest BCUT2D eigenvalue weighted by Crippen LogP contribution is -2.19. The Hall–Kier alpha value is -1.57. The summed E-state index contributed by atoms with van der Waals surface area (Å²) < 4.78 is 40.3. The lowest BCUT2D eigenvalue weighted by Gasteiger charge is -2.08. The molecular weight excluding hydrogens is 249 g/mol. The highest BCUT2D eigenvalue weighted by molar-refractivity contribution is 6.28. The summed E-state index contributed by atoms with van der Waals surface area (Å²) in [5.41, 5.74) is 0.325. The molecule has 5 nitrogen and oxygen atoms in total. The molecule has 0 aliphatic rings. The SMILES string of the molecule is FC(F)(F)COc1nc(Cl)nc2nc[nH]c12. The fourth-order valence-electron chi connectivity index (χ4n) is 1.04. The second-order valence-electron chi connectivity index (χ2n) is 2.80. The van der Waals surface area contributed by atoms with Crippen molar-refractivity contribution in [2.24, 2.45) is 0 Å². The molecule has 0 bridgehead atoms. The minimum Gasteiger partial charge on any atom is -0.466 e. The van der Waals surface area contributed by atoms with Crippen LogP contribution < -0.4 is 4.74 Å². The Balaban J connectivity index is 2.32. The van der Waals surface area contributed by atoms with E-state index in [1.54, 1.807) is 0 Å². The quantitative estimate of drug-likeness (QED) is 0.830. The van der Waals surface area contributed by atoms with E-state index in [9.17, 15) is 13.2 Å². The number of ether oxygens (including phenoxy) is 1. The number of halogens is 4. The van der Waals surface area contributed by atoms with E-state index >= 15 is 0 Å². The first-order valence-electron chi connectivity index (χ1n) is 4.02. The first-order chi connectivity index (χ1) is 7.46. The number of H-pyrrole nitrogens is 1. The first-order valence-corrected chi connectivity index (χ1v) is 4.40. The Morgan fingerprint density at radius 1 is 1.38 bits per heavy atom. The molecule has 9 heteroatoms. The molecule has 0 spiro atoms. The van der Waals surface area contributed by atoms with Gasteiger partial charge in [0.2, 0.25) is 11.2 Å². The van der Waals surface area contributed by atoms with Crippen LogP contribution in [0.15, 0.2) is 6.33 Å². The van der Waals surface area contributed by atoms with E-state index in [0.717, 1.165) is 0 Å². The Kier molecular flexibility index (Phi) is 2.58. The van der Waals surface area contributed by atoms with Crippen molar-refractivity contribution in [1.82, 2.24) is 19.9 Å². The van der Waals surface area contributed by atoms with E-state index < -0.39 is 12.8 Å². The fourth-order valence-corrected chi connectivity index (χ4v) is 1.19. The van der Waals surface area contributed by atoms with Gasteiger partial charge in [-0.3, -0.25) is 0 Å². The normalized spacial score (nSPS) is 12.0. The van der Waals surface area contributed by atoms with Crippen molar-refractivity contribution >= 4 is 22.8 Å². The molecule has 0 saturated carbocycles. The average Bonchev–Trinajstić information content (AvgIpc) is 2.60. The van der Waals surface area contributed by atoms with Crippen LogP contribution in [0.4, 0.5) is 13.2 Å². The second kappa shape index (κ2) is 3.78. The van der Waals surface area contributed by atoms with Crippen molar-refractivity contribution in [3.63, 3.8) is 0 Å². The molecule has 2 heterocycles. The van der Waals surface area contributed by atoms with Gasteiger partial charge in [-0.2, -0.15) is 23.1 Å². The fraction of sp³-hybridized carbons (Fsp3) is 0.286. The number of alkyl halides is 3. The molecule has 0 radical (unpaired) electrons. The lowest BCUT2D eigenvalue weighted by atomic mass is 10.5. The van der Waals surface area contributed by atoms with Crippen molar-refractivity contribution in [3.8, 4) is 5.88 Å². The van der Waals surface area contributed by atoms with E-state index in [4.69, 9.17) is 11.6 Å². The maximum absolute atomic E-state index is 11.9. The van der Waals surface area contributed by atoms with Crippen LogP contribution in [-0.4, -0.2) is 32.7 Å². The van der Waals surface area contributed by atoms with Gasteiger partial charge in [0, 0.05) is 0 Å². The molecule has 0 aliphatic heterocycles. The highest BCUT2D eigenvalue weighted by Crippen LogP contribution is 2.23. The van der Waals surface area contributed by atoms with Crippen LogP contribution in [0.1, 0.15) is 0 Å². The number of aromatic amines is 1. The maximum atomic E-state index is 11.9. The van der Waals surface area contributed by atoms with Gasteiger partial charge in [-0.25, -0.2) is 4.98 Å². The molecule has 86 valence electrons. The number of nitrogens with one attached hydrogen (secondary N) is 1. The van der Waals surface area contributed by atoms with E-state index in [2.05, 4.69) is 24.7 Å². The van der Waals surface area contributed by atoms with E-state index in [1.165, 1.54) is 6.33 Å². The Morgan fingerprint density at radius 3 is 2.81 bits per heavy atom. The van der Waals surface area contributed by atoms with Crippen LogP contribution in [0.3, 0.4) is 0 Å². The smallest absolute Gasteiger partial charge is 0.422 e. The molecule has 0 atom stereocenters. The number of nitrogens with zero attached hydrogens (tertiary/aromatic N) is 3. The summed E-state index contributed by atoms with van der Waals surface area (Å²) >= 11 is 5.49. The van der Waals surface area contributed by atoms with Crippen LogP contribution >= 0.6 is 11.6 Å². The van der Waals surface area contributed by atoms with Gasteiger partial charge >= 0.3 is 6.18 Å². The summed E-state index contributed by atoms with van der Waals surface area (Å²) in [5.74, 6) is -0.273. The molecule has 16 heavy (non-hydrogen) atoms. The number of rotatable bonds is 2. The zero-order valence-electron chi connectivity index (χ0n) is 7.55. The number of hydrogen-bond acceptors (Lipinski definition) is 4. The summed E-state index contributed by atoms with van der Waals surface area (Å²) in [4.78, 5) is 13.5. The Morgan fingerprint density at radius 2 is 2.12 bits per heavy atom. The minimum absolute atomic E-state index is 0.150. The maximum Gasteiger partial charge on any atom is 0.422 e. The van der Waals surface area contributed by atoms with Crippen LogP contribution in [0.5, 0.6) is 5.88 Å². The van der Waals surface area contributed by atoms with Gasteiger partial charge in [0.15, 0.2) is 12.3 Å². The summed E-state index contributed by atoms with van der Waals surface area (Å²) in [6, 6.07) is 0. The van der Waals surface area contributed by atoms with Crippen molar-refractivity contribution in [2.45, 2.75) is 6.18 Å². The van der Waals surface area contributed by atoms with E-state index in [1.807, 2.05) is 0 Å². The minimum atomic E-state index is -4.44. The monoisotopic (exact) mass is 252 g/mol. The molecule has 0 aromatic carbocycles. The Labute approximate surface area is 91.6 Å². The van der Waals surface area contributed by atoms with Gasteiger partial charge in [0.05, 0.1) is 6.33 Å². The molecule has 0 amide bonds. The third-order valence-corrected chi connectivity index (χ3v) is 1.77. The molecule has 0 aliphatic carbocycles. The highest BCUT2D eigenvalue weighted by atomic mass is 35.5. The van der Waals surface area contributed by atoms with Gasteiger partial charge in [-0.1, -0.05) is 0 Å². The summed E-state index contributed by atoms with van der Waals surface area (Å²) in [7, 11) is 0. The Bertz CT molecular complexity index is 512. The van der Waals surface area contributed by atoms with Crippen LogP contribution in [-0.2, 0) is 0 Å². The average molecular weight is 253 g/mol. The summed E-state index contributed by atoms with van der Waals surface area (Å²) in [6.45, 7) is -1.45. The standard InChI is InChI=1S/C7H4ClF3N4O/c8-6-14-4-3(12-2-13-4)5(15-6)16-1-7(9,10)11/h2H,1H2,(H,12,13,14,15). The summed E-state index contributed by atoms with van der Waals surface area (Å²) in [5, 5.41) is -0.225. The van der Waals surface area contributed by atoms with Crippen LogP contribution in [0.2, 0.25) is 5.28 Å². The largest absolute Gasteiger partial charge is 0.466 e. The van der Waals surface area contributed by atoms with Gasteiger partial charge in [0.1, 0.15) is 5.52 Å². The lowest BCUT2D eigenvalue weighted by molar-refractivity contribution is -0.153. The van der Waals surface area contributed by atoms with Crippen molar-refractivity contribution in [1.29, 1.82) is 0 Å². The number of aromatic nitrogens is 4. The topological polar surface area (TPSA) is 63.7 Å². The zero-order chi connectivity index (χ0) is 11.8. The first kappa shape index (κ1) is 10.9. The second-order valence-corrected chi connectivity index (χ2v) is 3.14. The third kappa shape index (κ3) is 2.32. The molecule has 2 rings (SSSR count). The van der Waals surface area contributed by atoms with Gasteiger partial charge in [-0.15, -0.1) is 0 Å². The number of fused-ring (bicyclic) bond motifs is 1. The molecule has 0 saturated heterocycles. The molecular formula is C7H4ClF3N4O. The predicted molar refractivity (Wildman–Crippen MR) is 48.2 cm³/mol. The number of imidazole rings is 1. The van der Waals surface area contributed by atoms with E-state index in [-0.39, 0.29) is 22.3 Å². The predicted octanol–water partition coefficient (Wildman–Crippen LogP) is 1.95. The zero-order valence-corrected chi connectivity index (χ0v) is 8.30. The van der Waals surface area contributed by atoms with Crippen LogP contribution in [0.25, 0.3) is 11.2 Å². The molecule has 0 fully saturated rings. The molecule has 0 unspecified atom stereocenters. The van der Waals surface area contributed by atoms with Gasteiger partial charge < -0.3 is 9.72 Å². The molecule has 2 aromatic heterocycles. The highest BCUT2D eigenvalue weighted by Gasteiger charge is 2.29. The van der Waals surface area contributed by atoms with Gasteiger partial charge in [0.25, 0.3) is 0 Å². The van der Waals surface area contributed by atoms with Crippen molar-refractivity contribution < 1.29 is 17.9 Å². The van der Waals surface area contributed by atoms with Gasteiger partial charge in [-0.05, 0) is 11.6 Å². The molecule has 1 N–H and O–H groups in total. The third-order valence-electron chi connectivity index (χ3n) is 1.60. The van der Waals surface area contributed by atoms with Crippen LogP contribution in [0, 0.1) is 0 Å². The van der Waals surface area contributed by atoms with Crippen molar-refractivity contribution in [3.05, 3.63) is 11.6 Å². The summed E-state index contributed by atoms with van der Waals surface area (Å²) in [6.07, 6.45) is -3.18.